The van der Waals surface area contributed by atoms with Gasteiger partial charge < -0.3 is 9.72 Å². The number of aromatic amines is 1. The highest BCUT2D eigenvalue weighted by molar-refractivity contribution is 7.09. The average molecular weight is 250 g/mol. The predicted molar refractivity (Wildman–Crippen MR) is 66.9 cm³/mol. The number of nitrogens with zero attached hydrogens (tertiary/aromatic N) is 1. The Balaban J connectivity index is 1.89. The number of hydrogen-bond donors (Lipinski definition) is 1. The molecule has 2 aromatic heterocycles. The van der Waals surface area contributed by atoms with Crippen LogP contribution in [0.2, 0.25) is 0 Å². The van der Waals surface area contributed by atoms with Crippen LogP contribution in [0.1, 0.15) is 17.8 Å². The number of esters is 1. The maximum atomic E-state index is 10.9. The fourth-order valence-electron chi connectivity index (χ4n) is 1.53. The summed E-state index contributed by atoms with van der Waals surface area (Å²) in [4.78, 5) is 18.6. The Bertz CT molecular complexity index is 476. The lowest BCUT2D eigenvalue weighted by atomic mass is 10.2. The second kappa shape index (κ2) is 5.63. The number of H-pyrrole nitrogens is 1. The average Bonchev–Trinajstić information content (AvgIpc) is 2.98. The number of aryl methyl sites for hydroxylation is 1. The number of rotatable bonds is 5. The van der Waals surface area contributed by atoms with E-state index in [-0.39, 0.29) is 5.97 Å². The lowest BCUT2D eigenvalue weighted by Gasteiger charge is -1.96. The third-order valence-corrected chi connectivity index (χ3v) is 3.33. The van der Waals surface area contributed by atoms with Gasteiger partial charge in [0.2, 0.25) is 0 Å². The summed E-state index contributed by atoms with van der Waals surface area (Å²) in [5, 5.41) is 3.08. The summed E-state index contributed by atoms with van der Waals surface area (Å²) in [6.45, 7) is 0. The smallest absolute Gasteiger partial charge is 0.305 e. The Labute approximate surface area is 104 Å². The minimum absolute atomic E-state index is 0.161. The number of carbonyl (C=O) groups is 1. The van der Waals surface area contributed by atoms with Gasteiger partial charge in [0.15, 0.2) is 0 Å². The maximum Gasteiger partial charge on any atom is 0.305 e. The minimum atomic E-state index is -0.161. The molecule has 0 unspecified atom stereocenters. The number of thiazole rings is 1. The van der Waals surface area contributed by atoms with Crippen LogP contribution < -0.4 is 0 Å². The van der Waals surface area contributed by atoms with E-state index in [1.807, 2.05) is 23.7 Å². The van der Waals surface area contributed by atoms with Crippen molar-refractivity contribution in [3.05, 3.63) is 28.7 Å². The van der Waals surface area contributed by atoms with Gasteiger partial charge in [-0.3, -0.25) is 4.79 Å². The van der Waals surface area contributed by atoms with Crippen molar-refractivity contribution in [2.24, 2.45) is 0 Å². The van der Waals surface area contributed by atoms with E-state index >= 15 is 0 Å². The quantitative estimate of drug-likeness (QED) is 0.830. The van der Waals surface area contributed by atoms with Gasteiger partial charge in [0, 0.05) is 18.0 Å². The van der Waals surface area contributed by atoms with E-state index in [1.165, 1.54) is 7.11 Å². The highest BCUT2D eigenvalue weighted by Crippen LogP contribution is 2.21. The third kappa shape index (κ3) is 3.17. The van der Waals surface area contributed by atoms with Crippen LogP contribution in [0.25, 0.3) is 11.4 Å². The molecule has 0 radical (unpaired) electrons. The molecule has 2 heterocycles. The molecule has 5 heteroatoms. The number of carbonyl (C=O) groups excluding carboxylic acids is 1. The fourth-order valence-corrected chi connectivity index (χ4v) is 2.37. The van der Waals surface area contributed by atoms with Crippen LogP contribution in [0, 0.1) is 0 Å². The first-order valence-electron chi connectivity index (χ1n) is 5.44. The van der Waals surface area contributed by atoms with Crippen molar-refractivity contribution in [3.8, 4) is 11.4 Å². The molecular formula is C12H14N2O2S. The zero-order valence-electron chi connectivity index (χ0n) is 9.60. The molecule has 0 saturated carbocycles. The van der Waals surface area contributed by atoms with Crippen molar-refractivity contribution in [1.82, 2.24) is 9.97 Å². The maximum absolute atomic E-state index is 10.9. The fraction of sp³-hybridized carbons (Fsp3) is 0.333. The van der Waals surface area contributed by atoms with E-state index in [1.54, 1.807) is 11.3 Å². The van der Waals surface area contributed by atoms with Crippen molar-refractivity contribution in [1.29, 1.82) is 0 Å². The van der Waals surface area contributed by atoms with Crippen molar-refractivity contribution in [3.63, 3.8) is 0 Å². The van der Waals surface area contributed by atoms with Gasteiger partial charge in [-0.15, -0.1) is 11.3 Å². The molecule has 17 heavy (non-hydrogen) atoms. The van der Waals surface area contributed by atoms with Crippen LogP contribution in [0.5, 0.6) is 0 Å². The van der Waals surface area contributed by atoms with Crippen LogP contribution in [-0.4, -0.2) is 23.0 Å². The largest absolute Gasteiger partial charge is 0.469 e. The molecule has 90 valence electrons. The van der Waals surface area contributed by atoms with Gasteiger partial charge in [0.25, 0.3) is 0 Å². The molecular weight excluding hydrogens is 236 g/mol. The molecule has 0 aliphatic heterocycles. The summed E-state index contributed by atoms with van der Waals surface area (Å²) in [6.07, 6.45) is 3.93. The monoisotopic (exact) mass is 250 g/mol. The van der Waals surface area contributed by atoms with Gasteiger partial charge in [-0.05, 0) is 25.0 Å². The Morgan fingerprint density at radius 2 is 2.47 bits per heavy atom. The zero-order valence-corrected chi connectivity index (χ0v) is 10.4. The number of nitrogens with one attached hydrogen (secondary N) is 1. The number of ether oxygens (including phenoxy) is 1. The molecule has 1 N–H and O–H groups in total. The first-order valence-corrected chi connectivity index (χ1v) is 6.32. The van der Waals surface area contributed by atoms with Crippen molar-refractivity contribution < 1.29 is 9.53 Å². The molecule has 0 aliphatic carbocycles. The third-order valence-electron chi connectivity index (χ3n) is 2.42. The number of methoxy groups -OCH3 is 1. The van der Waals surface area contributed by atoms with Crippen LogP contribution in [0.3, 0.4) is 0 Å². The van der Waals surface area contributed by atoms with Crippen LogP contribution in [-0.2, 0) is 16.0 Å². The SMILES string of the molecule is COC(=O)CCCc1nc(-c2ccc[nH]2)cs1. The van der Waals surface area contributed by atoms with E-state index in [4.69, 9.17) is 0 Å². The summed E-state index contributed by atoms with van der Waals surface area (Å²) in [5.41, 5.74) is 1.99. The Hall–Kier alpha value is -1.62. The van der Waals surface area contributed by atoms with E-state index < -0.39 is 0 Å². The molecule has 0 amide bonds. The summed E-state index contributed by atoms with van der Waals surface area (Å²) in [6, 6.07) is 3.94. The Morgan fingerprint density at radius 3 is 3.18 bits per heavy atom. The lowest BCUT2D eigenvalue weighted by Crippen LogP contribution is -2.00. The second-order valence-electron chi connectivity index (χ2n) is 3.64. The first kappa shape index (κ1) is 11.9. The van der Waals surface area contributed by atoms with Crippen molar-refractivity contribution >= 4 is 17.3 Å². The molecule has 2 aromatic rings. The van der Waals surface area contributed by atoms with E-state index in [0.29, 0.717) is 6.42 Å². The van der Waals surface area contributed by atoms with Gasteiger partial charge in [0.05, 0.1) is 23.5 Å². The van der Waals surface area contributed by atoms with Gasteiger partial charge in [-0.25, -0.2) is 4.98 Å². The van der Waals surface area contributed by atoms with Crippen molar-refractivity contribution in [2.45, 2.75) is 19.3 Å². The minimum Gasteiger partial charge on any atom is -0.469 e. The molecule has 0 aromatic carbocycles. The van der Waals surface area contributed by atoms with E-state index in [9.17, 15) is 4.79 Å². The standard InChI is InChI=1S/C12H14N2O2S/c1-16-12(15)6-2-5-11-14-10(8-17-11)9-4-3-7-13-9/h3-4,7-8,13H,2,5-6H2,1H3. The molecule has 0 bridgehead atoms. The Kier molecular flexibility index (Phi) is 3.93. The zero-order chi connectivity index (χ0) is 12.1. The molecule has 4 nitrogen and oxygen atoms in total. The highest BCUT2D eigenvalue weighted by atomic mass is 32.1. The summed E-state index contributed by atoms with van der Waals surface area (Å²) in [5.74, 6) is -0.161. The highest BCUT2D eigenvalue weighted by Gasteiger charge is 2.06. The van der Waals surface area contributed by atoms with Gasteiger partial charge in [0.1, 0.15) is 0 Å². The molecule has 0 fully saturated rings. The van der Waals surface area contributed by atoms with E-state index in [2.05, 4.69) is 14.7 Å². The normalized spacial score (nSPS) is 10.4. The van der Waals surface area contributed by atoms with Gasteiger partial charge in [-0.1, -0.05) is 0 Å². The van der Waals surface area contributed by atoms with Crippen molar-refractivity contribution in [2.75, 3.05) is 7.11 Å². The first-order chi connectivity index (χ1) is 8.29. The second-order valence-corrected chi connectivity index (χ2v) is 4.58. The molecule has 0 atom stereocenters. The van der Waals surface area contributed by atoms with Gasteiger partial charge in [-0.2, -0.15) is 0 Å². The number of aromatic nitrogens is 2. The molecule has 2 rings (SSSR count). The summed E-state index contributed by atoms with van der Waals surface area (Å²) >= 11 is 1.62. The van der Waals surface area contributed by atoms with Crippen LogP contribution in [0.4, 0.5) is 0 Å². The predicted octanol–water partition coefficient (Wildman–Crippen LogP) is 2.63. The number of hydrogen-bond acceptors (Lipinski definition) is 4. The van der Waals surface area contributed by atoms with E-state index in [0.717, 1.165) is 29.2 Å². The molecule has 0 saturated heterocycles. The molecule has 0 spiro atoms. The van der Waals surface area contributed by atoms with Crippen LogP contribution >= 0.6 is 11.3 Å². The topological polar surface area (TPSA) is 55.0 Å². The lowest BCUT2D eigenvalue weighted by molar-refractivity contribution is -0.140. The molecule has 0 aliphatic rings. The van der Waals surface area contributed by atoms with Gasteiger partial charge >= 0.3 is 5.97 Å². The van der Waals surface area contributed by atoms with Crippen LogP contribution in [0.15, 0.2) is 23.7 Å². The summed E-state index contributed by atoms with van der Waals surface area (Å²) in [7, 11) is 1.41. The summed E-state index contributed by atoms with van der Waals surface area (Å²) < 4.78 is 4.59. The Morgan fingerprint density at radius 1 is 1.59 bits per heavy atom.